The summed E-state index contributed by atoms with van der Waals surface area (Å²) in [5, 5.41) is 0. The Hall–Kier alpha value is -3.46. The lowest BCUT2D eigenvalue weighted by molar-refractivity contribution is -0.142. The van der Waals surface area contributed by atoms with Crippen molar-refractivity contribution in [1.29, 1.82) is 0 Å². The number of hydrogen-bond donors (Lipinski definition) is 0. The molecule has 0 amide bonds. The van der Waals surface area contributed by atoms with Gasteiger partial charge in [0.1, 0.15) is 0 Å². The summed E-state index contributed by atoms with van der Waals surface area (Å²) in [5.41, 5.74) is 3.79. The van der Waals surface area contributed by atoms with E-state index >= 15 is 0 Å². The molecule has 0 aromatic heterocycles. The minimum absolute atomic E-state index is 0.134. The molecule has 0 aliphatic heterocycles. The van der Waals surface area contributed by atoms with E-state index in [1.807, 2.05) is 110 Å². The van der Waals surface area contributed by atoms with E-state index in [-0.39, 0.29) is 11.9 Å². The third kappa shape index (κ3) is 5.52. The van der Waals surface area contributed by atoms with Crippen LogP contribution in [-0.4, -0.2) is 24.8 Å². The predicted octanol–water partition coefficient (Wildman–Crippen LogP) is 5.42. The van der Waals surface area contributed by atoms with Gasteiger partial charge in [-0.1, -0.05) is 110 Å². The lowest BCUT2D eigenvalue weighted by Gasteiger charge is -2.18. The fourth-order valence-electron chi connectivity index (χ4n) is 3.08. The third-order valence-corrected chi connectivity index (χ3v) is 4.70. The number of carbonyl (C=O) groups is 1. The Balaban J connectivity index is 2.00. The second kappa shape index (κ2) is 10.2. The zero-order valence-corrected chi connectivity index (χ0v) is 16.7. The van der Waals surface area contributed by atoms with E-state index in [9.17, 15) is 4.79 Å². The third-order valence-electron chi connectivity index (χ3n) is 4.70. The summed E-state index contributed by atoms with van der Waals surface area (Å²) in [6.07, 6.45) is 4.02. The summed E-state index contributed by atoms with van der Waals surface area (Å²) in [7, 11) is 1.41. The van der Waals surface area contributed by atoms with Gasteiger partial charge in [0.25, 0.3) is 0 Å². The van der Waals surface area contributed by atoms with Crippen LogP contribution in [0.5, 0.6) is 0 Å². The Morgan fingerprint density at radius 1 is 0.828 bits per heavy atom. The van der Waals surface area contributed by atoms with Crippen molar-refractivity contribution in [3.63, 3.8) is 0 Å². The first-order chi connectivity index (χ1) is 14.2. The minimum atomic E-state index is -0.643. The fraction of sp³-hybridized carbons (Fsp3) is 0.154. The Morgan fingerprint density at radius 3 is 1.79 bits per heavy atom. The molecule has 0 spiro atoms. The van der Waals surface area contributed by atoms with Gasteiger partial charge in [0.15, 0.2) is 6.04 Å². The van der Waals surface area contributed by atoms with Gasteiger partial charge in [-0.15, -0.1) is 0 Å². The summed E-state index contributed by atoms with van der Waals surface area (Å²) in [5.74, 6) is -0.482. The Bertz CT molecular complexity index is 922. The summed E-state index contributed by atoms with van der Waals surface area (Å²) in [6, 6.07) is 29.2. The summed E-state index contributed by atoms with van der Waals surface area (Å²) < 4.78 is 5.08. The molecule has 0 N–H and O–H groups in total. The van der Waals surface area contributed by atoms with Crippen LogP contribution in [0.2, 0.25) is 0 Å². The van der Waals surface area contributed by atoms with Crippen LogP contribution in [0, 0.1) is 5.92 Å². The van der Waals surface area contributed by atoms with Gasteiger partial charge in [-0.2, -0.15) is 0 Å². The van der Waals surface area contributed by atoms with Gasteiger partial charge in [-0.25, -0.2) is 4.79 Å². The highest BCUT2D eigenvalue weighted by Gasteiger charge is 2.25. The van der Waals surface area contributed by atoms with Crippen molar-refractivity contribution in [3.05, 3.63) is 114 Å². The number of ether oxygens (including phenoxy) is 1. The number of carbonyl (C=O) groups excluding carboxylic acids is 1. The normalized spacial score (nSPS) is 12.9. The lowest BCUT2D eigenvalue weighted by Crippen LogP contribution is -2.28. The molecule has 3 aromatic carbocycles. The molecule has 29 heavy (non-hydrogen) atoms. The molecule has 0 bridgehead atoms. The fourth-order valence-corrected chi connectivity index (χ4v) is 3.08. The van der Waals surface area contributed by atoms with Crippen LogP contribution >= 0.6 is 0 Å². The van der Waals surface area contributed by atoms with Crippen molar-refractivity contribution >= 4 is 17.8 Å². The average molecular weight is 383 g/mol. The van der Waals surface area contributed by atoms with Crippen molar-refractivity contribution in [2.75, 3.05) is 7.11 Å². The molecule has 3 nitrogen and oxygen atoms in total. The number of aliphatic imine (C=N–C) groups is 1. The topological polar surface area (TPSA) is 38.7 Å². The quantitative estimate of drug-likeness (QED) is 0.404. The molecule has 0 saturated heterocycles. The van der Waals surface area contributed by atoms with E-state index in [0.29, 0.717) is 0 Å². The number of benzene rings is 3. The maximum Gasteiger partial charge on any atom is 0.331 e. The zero-order chi connectivity index (χ0) is 20.5. The molecule has 0 aliphatic carbocycles. The van der Waals surface area contributed by atoms with Crippen LogP contribution < -0.4 is 0 Å². The molecule has 0 unspecified atom stereocenters. The molecule has 0 saturated carbocycles. The van der Waals surface area contributed by atoms with Crippen LogP contribution in [0.15, 0.2) is 102 Å². The predicted molar refractivity (Wildman–Crippen MR) is 119 cm³/mol. The molecule has 2 atom stereocenters. The largest absolute Gasteiger partial charge is 0.467 e. The SMILES string of the molecule is COC(=O)[C@@H](N=C(c1ccccc1)c1ccccc1)[C@@H](C)/C=C/c1ccccc1. The van der Waals surface area contributed by atoms with Crippen molar-refractivity contribution in [2.45, 2.75) is 13.0 Å². The highest BCUT2D eigenvalue weighted by atomic mass is 16.5. The molecule has 3 aromatic rings. The molecule has 0 radical (unpaired) electrons. The van der Waals surface area contributed by atoms with Crippen LogP contribution in [-0.2, 0) is 9.53 Å². The van der Waals surface area contributed by atoms with E-state index in [2.05, 4.69) is 0 Å². The van der Waals surface area contributed by atoms with E-state index in [0.717, 1.165) is 22.4 Å². The first-order valence-electron chi connectivity index (χ1n) is 9.69. The second-order valence-corrected chi connectivity index (χ2v) is 6.81. The van der Waals surface area contributed by atoms with E-state index in [1.54, 1.807) is 0 Å². The van der Waals surface area contributed by atoms with Gasteiger partial charge in [-0.05, 0) is 5.56 Å². The monoisotopic (exact) mass is 383 g/mol. The maximum absolute atomic E-state index is 12.6. The summed E-state index contributed by atoms with van der Waals surface area (Å²) in [6.45, 7) is 1.98. The molecule has 3 rings (SSSR count). The highest BCUT2D eigenvalue weighted by Crippen LogP contribution is 2.18. The number of hydrogen-bond acceptors (Lipinski definition) is 3. The standard InChI is InChI=1S/C26H25NO2/c1-20(18-19-21-12-6-3-7-13-21)24(26(28)29-2)27-25(22-14-8-4-9-15-22)23-16-10-5-11-17-23/h3-20,24H,1-2H3/b19-18+/t20-,24-/m0/s1. The van der Waals surface area contributed by atoms with Crippen LogP contribution in [0.4, 0.5) is 0 Å². The number of nitrogens with zero attached hydrogens (tertiary/aromatic N) is 1. The molecular formula is C26H25NO2. The van der Waals surface area contributed by atoms with Gasteiger partial charge in [0, 0.05) is 17.0 Å². The van der Waals surface area contributed by atoms with Crippen molar-refractivity contribution in [2.24, 2.45) is 10.9 Å². The van der Waals surface area contributed by atoms with E-state index in [4.69, 9.17) is 9.73 Å². The summed E-state index contributed by atoms with van der Waals surface area (Å²) >= 11 is 0. The Kier molecular flexibility index (Phi) is 7.12. The number of rotatable bonds is 7. The van der Waals surface area contributed by atoms with Crippen LogP contribution in [0.25, 0.3) is 6.08 Å². The number of methoxy groups -OCH3 is 1. The minimum Gasteiger partial charge on any atom is -0.467 e. The Morgan fingerprint density at radius 2 is 1.31 bits per heavy atom. The lowest BCUT2D eigenvalue weighted by atomic mass is 9.98. The Labute approximate surface area is 172 Å². The van der Waals surface area contributed by atoms with Gasteiger partial charge in [-0.3, -0.25) is 4.99 Å². The summed E-state index contributed by atoms with van der Waals surface area (Å²) in [4.78, 5) is 17.5. The molecule has 146 valence electrons. The van der Waals surface area contributed by atoms with Gasteiger partial charge >= 0.3 is 5.97 Å². The van der Waals surface area contributed by atoms with Crippen LogP contribution in [0.3, 0.4) is 0 Å². The van der Waals surface area contributed by atoms with E-state index in [1.165, 1.54) is 7.11 Å². The molecule has 0 fully saturated rings. The van der Waals surface area contributed by atoms with Gasteiger partial charge in [0.05, 0.1) is 12.8 Å². The van der Waals surface area contributed by atoms with Gasteiger partial charge in [0.2, 0.25) is 0 Å². The smallest absolute Gasteiger partial charge is 0.331 e. The molecule has 0 heterocycles. The molecular weight excluding hydrogens is 358 g/mol. The van der Waals surface area contributed by atoms with E-state index < -0.39 is 6.04 Å². The first-order valence-corrected chi connectivity index (χ1v) is 9.69. The van der Waals surface area contributed by atoms with Crippen molar-refractivity contribution in [1.82, 2.24) is 0 Å². The highest BCUT2D eigenvalue weighted by molar-refractivity contribution is 6.13. The number of esters is 1. The van der Waals surface area contributed by atoms with Crippen LogP contribution in [0.1, 0.15) is 23.6 Å². The van der Waals surface area contributed by atoms with Gasteiger partial charge < -0.3 is 4.74 Å². The second-order valence-electron chi connectivity index (χ2n) is 6.81. The average Bonchev–Trinajstić information content (AvgIpc) is 2.79. The molecule has 3 heteroatoms. The maximum atomic E-state index is 12.6. The van der Waals surface area contributed by atoms with Crippen molar-refractivity contribution < 1.29 is 9.53 Å². The van der Waals surface area contributed by atoms with Crippen molar-refractivity contribution in [3.8, 4) is 0 Å². The first kappa shape index (κ1) is 20.3. The molecule has 0 aliphatic rings. The zero-order valence-electron chi connectivity index (χ0n) is 16.7.